The quantitative estimate of drug-likeness (QED) is 0.732. The second kappa shape index (κ2) is 6.43. The number of halogens is 2. The van der Waals surface area contributed by atoms with E-state index < -0.39 is 0 Å². The summed E-state index contributed by atoms with van der Waals surface area (Å²) >= 11 is 8.24. The minimum atomic E-state index is 0.484. The van der Waals surface area contributed by atoms with Crippen molar-refractivity contribution >= 4 is 39.9 Å². The van der Waals surface area contributed by atoms with Crippen molar-refractivity contribution in [2.24, 2.45) is 0 Å². The Bertz CT molecular complexity index is 513. The zero-order chi connectivity index (χ0) is 13.0. The van der Waals surface area contributed by atoms with Gasteiger partial charge in [-0.1, -0.05) is 48.9 Å². The molecule has 1 N–H and O–H groups in total. The average Bonchev–Trinajstić information content (AvgIpc) is 2.38. The molecule has 0 spiro atoms. The zero-order valence-corrected chi connectivity index (χ0v) is 13.1. The molecule has 0 saturated carbocycles. The molecule has 0 bridgehead atoms. The number of nitrogens with one attached hydrogen (secondary N) is 1. The molecule has 2 aromatic carbocycles. The lowest BCUT2D eigenvalue weighted by Crippen LogP contribution is -2.10. The number of anilines is 1. The van der Waals surface area contributed by atoms with Crippen LogP contribution in [0.1, 0.15) is 18.4 Å². The highest BCUT2D eigenvalue weighted by molar-refractivity contribution is 14.1. The number of hydrogen-bond acceptors (Lipinski definition) is 1. The molecule has 2 aromatic rings. The van der Waals surface area contributed by atoms with Crippen LogP contribution >= 0.6 is 34.2 Å². The van der Waals surface area contributed by atoms with Crippen LogP contribution in [0.3, 0.4) is 0 Å². The molecule has 1 nitrogen and oxygen atoms in total. The lowest BCUT2D eigenvalue weighted by atomic mass is 10.0. The van der Waals surface area contributed by atoms with Gasteiger partial charge in [-0.15, -0.1) is 0 Å². The molecule has 0 aromatic heterocycles. The molecule has 0 heterocycles. The first-order valence-corrected chi connectivity index (χ1v) is 7.36. The van der Waals surface area contributed by atoms with E-state index in [0.29, 0.717) is 5.92 Å². The molecule has 0 saturated heterocycles. The fraction of sp³-hybridized carbons (Fsp3) is 0.200. The number of rotatable bonds is 4. The summed E-state index contributed by atoms with van der Waals surface area (Å²) in [5, 5.41) is 4.25. The fourth-order valence-corrected chi connectivity index (χ4v) is 2.86. The lowest BCUT2D eigenvalue weighted by Gasteiger charge is -2.15. The van der Waals surface area contributed by atoms with Crippen molar-refractivity contribution in [2.75, 3.05) is 11.9 Å². The summed E-state index contributed by atoms with van der Waals surface area (Å²) in [6.07, 6.45) is 0. The third kappa shape index (κ3) is 3.62. The predicted molar refractivity (Wildman–Crippen MR) is 87.5 cm³/mol. The summed E-state index contributed by atoms with van der Waals surface area (Å²) in [7, 11) is 0. The van der Waals surface area contributed by atoms with Gasteiger partial charge in [-0.3, -0.25) is 0 Å². The van der Waals surface area contributed by atoms with Crippen LogP contribution in [0.25, 0.3) is 0 Å². The summed E-state index contributed by atoms with van der Waals surface area (Å²) in [6, 6.07) is 16.5. The molecule has 0 radical (unpaired) electrons. The van der Waals surface area contributed by atoms with Crippen molar-refractivity contribution in [3.8, 4) is 0 Å². The van der Waals surface area contributed by atoms with Crippen LogP contribution in [-0.2, 0) is 0 Å². The molecule has 94 valence electrons. The van der Waals surface area contributed by atoms with E-state index >= 15 is 0 Å². The normalized spacial score (nSPS) is 12.2. The Kier molecular flexibility index (Phi) is 4.89. The molecule has 0 aliphatic carbocycles. The number of hydrogen-bond donors (Lipinski definition) is 1. The second-order valence-corrected chi connectivity index (χ2v) is 5.92. The molecule has 3 heteroatoms. The predicted octanol–water partition coefficient (Wildman–Crippen LogP) is 5.16. The molecule has 0 amide bonds. The van der Waals surface area contributed by atoms with Gasteiger partial charge in [0.1, 0.15) is 0 Å². The minimum Gasteiger partial charge on any atom is -0.384 e. The van der Waals surface area contributed by atoms with Gasteiger partial charge in [0, 0.05) is 20.8 Å². The van der Waals surface area contributed by atoms with E-state index in [-0.39, 0.29) is 0 Å². The summed E-state index contributed by atoms with van der Waals surface area (Å²) in [6.45, 7) is 3.15. The standard InChI is InChI=1S/C15H15ClIN/c1-11(12-5-3-2-4-6-12)10-18-15-8-7-13(16)9-14(15)17/h2-9,11,18H,10H2,1H3. The van der Waals surface area contributed by atoms with Gasteiger partial charge < -0.3 is 5.32 Å². The fourth-order valence-electron chi connectivity index (χ4n) is 1.80. The molecule has 1 atom stereocenters. The van der Waals surface area contributed by atoms with Crippen LogP contribution in [0.5, 0.6) is 0 Å². The van der Waals surface area contributed by atoms with Crippen molar-refractivity contribution in [3.05, 3.63) is 62.7 Å². The van der Waals surface area contributed by atoms with Gasteiger partial charge in [0.05, 0.1) is 0 Å². The maximum Gasteiger partial charge on any atom is 0.0477 e. The van der Waals surface area contributed by atoms with Crippen molar-refractivity contribution in [1.82, 2.24) is 0 Å². The summed E-state index contributed by atoms with van der Waals surface area (Å²) in [5.41, 5.74) is 2.50. The minimum absolute atomic E-state index is 0.484. The van der Waals surface area contributed by atoms with E-state index in [4.69, 9.17) is 11.6 Å². The van der Waals surface area contributed by atoms with Gasteiger partial charge in [-0.2, -0.15) is 0 Å². The molecule has 0 aliphatic heterocycles. The van der Waals surface area contributed by atoms with Gasteiger partial charge in [-0.25, -0.2) is 0 Å². The molecule has 0 aliphatic rings. The Morgan fingerprint density at radius 1 is 1.17 bits per heavy atom. The topological polar surface area (TPSA) is 12.0 Å². The van der Waals surface area contributed by atoms with E-state index in [0.717, 1.165) is 20.8 Å². The van der Waals surface area contributed by atoms with Gasteiger partial charge >= 0.3 is 0 Å². The van der Waals surface area contributed by atoms with Crippen molar-refractivity contribution in [2.45, 2.75) is 12.8 Å². The third-order valence-electron chi connectivity index (χ3n) is 2.90. The van der Waals surface area contributed by atoms with Crippen LogP contribution in [0, 0.1) is 3.57 Å². The SMILES string of the molecule is CC(CNc1ccc(Cl)cc1I)c1ccccc1. The smallest absolute Gasteiger partial charge is 0.0477 e. The third-order valence-corrected chi connectivity index (χ3v) is 4.03. The highest BCUT2D eigenvalue weighted by Gasteiger charge is 2.06. The van der Waals surface area contributed by atoms with Crippen LogP contribution in [0.4, 0.5) is 5.69 Å². The summed E-state index contributed by atoms with van der Waals surface area (Å²) < 4.78 is 1.15. The van der Waals surface area contributed by atoms with Crippen LogP contribution in [0.15, 0.2) is 48.5 Å². The Labute approximate surface area is 127 Å². The Morgan fingerprint density at radius 2 is 1.89 bits per heavy atom. The van der Waals surface area contributed by atoms with Gasteiger partial charge in [0.2, 0.25) is 0 Å². The zero-order valence-electron chi connectivity index (χ0n) is 10.2. The van der Waals surface area contributed by atoms with E-state index in [1.54, 1.807) is 0 Å². The molecular formula is C15H15ClIN. The lowest BCUT2D eigenvalue weighted by molar-refractivity contribution is 0.804. The van der Waals surface area contributed by atoms with E-state index in [2.05, 4.69) is 59.1 Å². The summed E-state index contributed by atoms with van der Waals surface area (Å²) in [5.74, 6) is 0.484. The van der Waals surface area contributed by atoms with Gasteiger partial charge in [0.25, 0.3) is 0 Å². The Hall–Kier alpha value is -0.740. The monoisotopic (exact) mass is 371 g/mol. The Morgan fingerprint density at radius 3 is 2.56 bits per heavy atom. The first-order valence-electron chi connectivity index (χ1n) is 5.90. The molecule has 1 unspecified atom stereocenters. The Balaban J connectivity index is 1.99. The molecule has 18 heavy (non-hydrogen) atoms. The number of benzene rings is 2. The first kappa shape index (κ1) is 13.7. The molecule has 2 rings (SSSR count). The van der Waals surface area contributed by atoms with Gasteiger partial charge in [-0.05, 0) is 52.3 Å². The second-order valence-electron chi connectivity index (χ2n) is 4.32. The van der Waals surface area contributed by atoms with Gasteiger partial charge in [0.15, 0.2) is 0 Å². The van der Waals surface area contributed by atoms with E-state index in [9.17, 15) is 0 Å². The first-order chi connectivity index (χ1) is 8.66. The average molecular weight is 372 g/mol. The largest absolute Gasteiger partial charge is 0.384 e. The highest BCUT2D eigenvalue weighted by Crippen LogP contribution is 2.23. The maximum absolute atomic E-state index is 5.94. The van der Waals surface area contributed by atoms with Crippen LogP contribution in [-0.4, -0.2) is 6.54 Å². The van der Waals surface area contributed by atoms with Crippen molar-refractivity contribution in [1.29, 1.82) is 0 Å². The van der Waals surface area contributed by atoms with Crippen molar-refractivity contribution < 1.29 is 0 Å². The van der Waals surface area contributed by atoms with Crippen LogP contribution in [0.2, 0.25) is 5.02 Å². The van der Waals surface area contributed by atoms with Crippen LogP contribution < -0.4 is 5.32 Å². The highest BCUT2D eigenvalue weighted by atomic mass is 127. The summed E-state index contributed by atoms with van der Waals surface area (Å²) in [4.78, 5) is 0. The maximum atomic E-state index is 5.94. The van der Waals surface area contributed by atoms with Crippen molar-refractivity contribution in [3.63, 3.8) is 0 Å². The van der Waals surface area contributed by atoms with E-state index in [1.165, 1.54) is 5.56 Å². The molecular weight excluding hydrogens is 357 g/mol. The van der Waals surface area contributed by atoms with E-state index in [1.807, 2.05) is 24.3 Å². The molecule has 0 fully saturated rings.